The molecule has 0 saturated heterocycles. The molecular weight excluding hydrogens is 432 g/mol. The molecule has 0 spiro atoms. The van der Waals surface area contributed by atoms with Gasteiger partial charge in [-0.3, -0.25) is 14.9 Å². The van der Waals surface area contributed by atoms with E-state index in [0.717, 1.165) is 5.56 Å². The molecule has 1 heterocycles. The monoisotopic (exact) mass is 452 g/mol. The number of carbonyl (C=O) groups excluding carboxylic acids is 1. The summed E-state index contributed by atoms with van der Waals surface area (Å²) in [7, 11) is -2.26. The second-order valence-electron chi connectivity index (χ2n) is 7.18. The average Bonchev–Trinajstić information content (AvgIpc) is 3.22. The first-order valence-corrected chi connectivity index (χ1v) is 11.3. The maximum absolute atomic E-state index is 13.1. The third-order valence-corrected chi connectivity index (χ3v) is 6.68. The molecule has 0 radical (unpaired) electrons. The topological polar surface area (TPSA) is 122 Å². The molecule has 3 aromatic rings. The lowest BCUT2D eigenvalue weighted by molar-refractivity contribution is -0.383. The Morgan fingerprint density at radius 3 is 2.50 bits per heavy atom. The fourth-order valence-electron chi connectivity index (χ4n) is 3.63. The van der Waals surface area contributed by atoms with Crippen LogP contribution in [0.25, 0.3) is 0 Å². The number of benzene rings is 3. The standard InChI is InChI=1S/C22H20N4O5S/c1-23-32(30,31)18-8-10-20-15(13-18)11-12-25(20)22(27)16-7-9-19(21(14-16)26(28)29)24-17-5-3-2-4-6-17/h2-10,13-14,23-24H,11-12H2,1H3. The van der Waals surface area contributed by atoms with E-state index in [4.69, 9.17) is 0 Å². The molecule has 0 fully saturated rings. The van der Waals surface area contributed by atoms with Gasteiger partial charge in [-0.25, -0.2) is 13.1 Å². The Labute approximate surface area is 184 Å². The summed E-state index contributed by atoms with van der Waals surface area (Å²) in [5.74, 6) is -0.387. The predicted octanol–water partition coefficient (Wildman–Crippen LogP) is 3.45. The van der Waals surface area contributed by atoms with Crippen LogP contribution in [0.1, 0.15) is 15.9 Å². The lowest BCUT2D eigenvalue weighted by Gasteiger charge is -2.18. The number of hydrogen-bond donors (Lipinski definition) is 2. The molecular formula is C22H20N4O5S. The molecule has 0 atom stereocenters. The highest BCUT2D eigenvalue weighted by molar-refractivity contribution is 7.89. The molecule has 0 saturated carbocycles. The second kappa shape index (κ2) is 8.40. The summed E-state index contributed by atoms with van der Waals surface area (Å²) in [6.45, 7) is 0.356. The molecule has 9 nitrogen and oxygen atoms in total. The number of nitro benzene ring substituents is 1. The van der Waals surface area contributed by atoms with Gasteiger partial charge in [0.15, 0.2) is 0 Å². The lowest BCUT2D eigenvalue weighted by atomic mass is 10.1. The average molecular weight is 452 g/mol. The van der Waals surface area contributed by atoms with E-state index < -0.39 is 14.9 Å². The van der Waals surface area contributed by atoms with E-state index in [-0.39, 0.29) is 27.7 Å². The molecule has 0 unspecified atom stereocenters. The molecule has 2 N–H and O–H groups in total. The maximum atomic E-state index is 13.1. The van der Waals surface area contributed by atoms with Crippen LogP contribution < -0.4 is 14.9 Å². The van der Waals surface area contributed by atoms with E-state index in [1.54, 1.807) is 30.3 Å². The van der Waals surface area contributed by atoms with Gasteiger partial charge in [0.25, 0.3) is 11.6 Å². The number of sulfonamides is 1. The summed E-state index contributed by atoms with van der Waals surface area (Å²) in [5, 5.41) is 14.6. The van der Waals surface area contributed by atoms with Crippen LogP contribution in [-0.4, -0.2) is 32.8 Å². The summed E-state index contributed by atoms with van der Waals surface area (Å²) >= 11 is 0. The van der Waals surface area contributed by atoms with Crippen molar-refractivity contribution in [2.45, 2.75) is 11.3 Å². The number of fused-ring (bicyclic) bond motifs is 1. The normalized spacial score (nSPS) is 13.0. The second-order valence-corrected chi connectivity index (χ2v) is 9.07. The van der Waals surface area contributed by atoms with Gasteiger partial charge in [-0.2, -0.15) is 0 Å². The zero-order chi connectivity index (χ0) is 22.9. The number of amides is 1. The number of nitro groups is 1. The van der Waals surface area contributed by atoms with Crippen molar-refractivity contribution in [1.29, 1.82) is 0 Å². The minimum absolute atomic E-state index is 0.125. The van der Waals surface area contributed by atoms with E-state index in [1.807, 2.05) is 18.2 Å². The van der Waals surface area contributed by atoms with Crippen molar-refractivity contribution in [3.8, 4) is 0 Å². The summed E-state index contributed by atoms with van der Waals surface area (Å²) in [6.07, 6.45) is 0.490. The molecule has 1 aliphatic heterocycles. The number of anilines is 3. The Kier molecular flexibility index (Phi) is 5.64. The van der Waals surface area contributed by atoms with Crippen LogP contribution in [0.5, 0.6) is 0 Å². The zero-order valence-corrected chi connectivity index (χ0v) is 17.9. The van der Waals surface area contributed by atoms with Gasteiger partial charge >= 0.3 is 0 Å². The van der Waals surface area contributed by atoms with Crippen molar-refractivity contribution in [1.82, 2.24) is 4.72 Å². The summed E-state index contributed by atoms with van der Waals surface area (Å²) in [5.41, 5.74) is 2.26. The Balaban J connectivity index is 1.63. The molecule has 0 aromatic heterocycles. The van der Waals surface area contributed by atoms with E-state index >= 15 is 0 Å². The Morgan fingerprint density at radius 2 is 1.81 bits per heavy atom. The lowest BCUT2D eigenvalue weighted by Crippen LogP contribution is -2.29. The first kappa shape index (κ1) is 21.5. The van der Waals surface area contributed by atoms with Crippen LogP contribution in [0.4, 0.5) is 22.7 Å². The van der Waals surface area contributed by atoms with Gasteiger partial charge in [-0.05, 0) is 61.5 Å². The van der Waals surface area contributed by atoms with Crippen molar-refractivity contribution in [2.24, 2.45) is 0 Å². The van der Waals surface area contributed by atoms with Crippen molar-refractivity contribution >= 4 is 38.7 Å². The van der Waals surface area contributed by atoms with Crippen molar-refractivity contribution < 1.29 is 18.1 Å². The highest BCUT2D eigenvalue weighted by Crippen LogP contribution is 2.33. The number of carbonyl (C=O) groups is 1. The van der Waals surface area contributed by atoms with Crippen LogP contribution in [0.15, 0.2) is 71.6 Å². The van der Waals surface area contributed by atoms with Gasteiger partial charge in [-0.15, -0.1) is 0 Å². The minimum Gasteiger partial charge on any atom is -0.350 e. The highest BCUT2D eigenvalue weighted by atomic mass is 32.2. The smallest absolute Gasteiger partial charge is 0.293 e. The third-order valence-electron chi connectivity index (χ3n) is 5.26. The predicted molar refractivity (Wildman–Crippen MR) is 121 cm³/mol. The van der Waals surface area contributed by atoms with Crippen molar-refractivity contribution in [3.63, 3.8) is 0 Å². The van der Waals surface area contributed by atoms with Crippen LogP contribution >= 0.6 is 0 Å². The number of rotatable bonds is 6. The molecule has 1 aliphatic rings. The SMILES string of the molecule is CNS(=O)(=O)c1ccc2c(c1)CCN2C(=O)c1ccc(Nc2ccccc2)c([N+](=O)[O-])c1. The molecule has 32 heavy (non-hydrogen) atoms. The quantitative estimate of drug-likeness (QED) is 0.436. The van der Waals surface area contributed by atoms with Gasteiger partial charge < -0.3 is 10.2 Å². The van der Waals surface area contributed by atoms with E-state index in [1.165, 1.54) is 30.1 Å². The number of nitrogens with one attached hydrogen (secondary N) is 2. The summed E-state index contributed by atoms with van der Waals surface area (Å²) in [4.78, 5) is 25.9. The number of hydrogen-bond acceptors (Lipinski definition) is 6. The zero-order valence-electron chi connectivity index (χ0n) is 17.1. The molecule has 1 amide bonds. The van der Waals surface area contributed by atoms with Gasteiger partial charge in [0.05, 0.1) is 9.82 Å². The van der Waals surface area contributed by atoms with Gasteiger partial charge in [0.1, 0.15) is 5.69 Å². The summed E-state index contributed by atoms with van der Waals surface area (Å²) in [6, 6.07) is 17.9. The van der Waals surface area contributed by atoms with Gasteiger partial charge in [-0.1, -0.05) is 18.2 Å². The molecule has 4 rings (SSSR count). The molecule has 10 heteroatoms. The molecule has 0 bridgehead atoms. The minimum atomic E-state index is -3.59. The molecule has 0 aliphatic carbocycles. The number of nitrogens with zero attached hydrogens (tertiary/aromatic N) is 2. The Hall–Kier alpha value is -3.76. The van der Waals surface area contributed by atoms with Crippen LogP contribution in [0.3, 0.4) is 0 Å². The van der Waals surface area contributed by atoms with Crippen molar-refractivity contribution in [2.75, 3.05) is 23.8 Å². The maximum Gasteiger partial charge on any atom is 0.293 e. The third kappa shape index (κ3) is 4.05. The highest BCUT2D eigenvalue weighted by Gasteiger charge is 2.28. The molecule has 3 aromatic carbocycles. The first-order valence-electron chi connectivity index (χ1n) is 9.79. The van der Waals surface area contributed by atoms with Crippen LogP contribution in [0.2, 0.25) is 0 Å². The number of para-hydroxylation sites is 1. The van der Waals surface area contributed by atoms with E-state index in [9.17, 15) is 23.3 Å². The van der Waals surface area contributed by atoms with Crippen molar-refractivity contribution in [3.05, 3.63) is 88.0 Å². The Bertz CT molecular complexity index is 1310. The summed E-state index contributed by atoms with van der Waals surface area (Å²) < 4.78 is 26.4. The molecule has 164 valence electrons. The van der Waals surface area contributed by atoms with E-state index in [2.05, 4.69) is 10.0 Å². The Morgan fingerprint density at radius 1 is 1.06 bits per heavy atom. The fraction of sp³-hybridized carbons (Fsp3) is 0.136. The van der Waals surface area contributed by atoms with Crippen LogP contribution in [-0.2, 0) is 16.4 Å². The van der Waals surface area contributed by atoms with Gasteiger partial charge in [0, 0.05) is 29.5 Å². The fourth-order valence-corrected chi connectivity index (χ4v) is 4.41. The van der Waals surface area contributed by atoms with Gasteiger partial charge in [0.2, 0.25) is 10.0 Å². The largest absolute Gasteiger partial charge is 0.350 e. The first-order chi connectivity index (χ1) is 15.3. The van der Waals surface area contributed by atoms with Crippen LogP contribution in [0, 0.1) is 10.1 Å². The van der Waals surface area contributed by atoms with E-state index in [0.29, 0.717) is 24.3 Å².